The molecule has 0 spiro atoms. The van der Waals surface area contributed by atoms with Gasteiger partial charge in [-0.25, -0.2) is 4.79 Å². The fraction of sp³-hybridized carbons (Fsp3) is 0.333. The molecule has 0 fully saturated rings. The normalized spacial score (nSPS) is 11.5. The first-order chi connectivity index (χ1) is 11.1. The summed E-state index contributed by atoms with van der Waals surface area (Å²) in [5.41, 5.74) is 1.12. The maximum Gasteiger partial charge on any atom is 0.369 e. The van der Waals surface area contributed by atoms with Crippen LogP contribution in [0.5, 0.6) is 5.88 Å². The van der Waals surface area contributed by atoms with E-state index in [4.69, 9.17) is 6.15 Å². The Morgan fingerprint density at radius 3 is 2.95 bits per heavy atom. The minimum absolute atomic E-state index is 0.119. The van der Waals surface area contributed by atoms with Crippen LogP contribution >= 0.6 is 0 Å². The SMILES string of the molecule is [3H]n1ccc(OCc2c(CC)cnnc2-n2nnn(C)c2=O)n1. The molecule has 0 atom stereocenters. The number of ether oxygens (including phenoxy) is 1. The van der Waals surface area contributed by atoms with E-state index in [0.29, 0.717) is 17.9 Å². The van der Waals surface area contributed by atoms with Gasteiger partial charge in [-0.15, -0.1) is 14.9 Å². The first-order valence-electron chi connectivity index (χ1n) is 7.05. The molecule has 0 unspecified atom stereocenters. The van der Waals surface area contributed by atoms with Crippen LogP contribution in [0.4, 0.5) is 0 Å². The van der Waals surface area contributed by atoms with Crippen LogP contribution in [0.2, 0.25) is 1.41 Å². The lowest BCUT2D eigenvalue weighted by atomic mass is 10.1. The van der Waals surface area contributed by atoms with Gasteiger partial charge in [0.05, 0.1) is 6.20 Å². The average molecular weight is 304 g/mol. The number of nitrogens with one attached hydrogen (secondary N) is 1. The summed E-state index contributed by atoms with van der Waals surface area (Å²) >= 11 is 0. The highest BCUT2D eigenvalue weighted by molar-refractivity contribution is 5.37. The molecule has 0 aliphatic rings. The largest absolute Gasteiger partial charge is 0.472 e. The summed E-state index contributed by atoms with van der Waals surface area (Å²) in [7, 11) is 1.50. The van der Waals surface area contributed by atoms with Gasteiger partial charge in [0.1, 0.15) is 6.61 Å². The molecule has 10 heteroatoms. The highest BCUT2D eigenvalue weighted by Crippen LogP contribution is 2.17. The van der Waals surface area contributed by atoms with Gasteiger partial charge in [-0.3, -0.25) is 5.09 Å². The van der Waals surface area contributed by atoms with Crippen LogP contribution in [-0.2, 0) is 20.1 Å². The molecule has 0 amide bonds. The van der Waals surface area contributed by atoms with Crippen LogP contribution in [-0.4, -0.2) is 40.2 Å². The molecule has 3 aromatic heterocycles. The summed E-state index contributed by atoms with van der Waals surface area (Å²) in [6, 6.07) is 1.57. The van der Waals surface area contributed by atoms with E-state index in [-0.39, 0.29) is 12.4 Å². The molecular formula is C12H14N8O2. The van der Waals surface area contributed by atoms with E-state index in [0.717, 1.165) is 20.0 Å². The lowest BCUT2D eigenvalue weighted by Gasteiger charge is -2.11. The van der Waals surface area contributed by atoms with Crippen LogP contribution in [0.1, 0.15) is 18.1 Å². The highest BCUT2D eigenvalue weighted by Gasteiger charge is 2.17. The zero-order valence-corrected chi connectivity index (χ0v) is 12.0. The summed E-state index contributed by atoms with van der Waals surface area (Å²) in [4.78, 5) is 12.1. The van der Waals surface area contributed by atoms with Gasteiger partial charge in [0.25, 0.3) is 0 Å². The quantitative estimate of drug-likeness (QED) is 0.683. The number of hydrogen-bond acceptors (Lipinski definition) is 7. The summed E-state index contributed by atoms with van der Waals surface area (Å²) in [6.07, 6.45) is 3.75. The molecule has 3 aromatic rings. The third kappa shape index (κ3) is 2.45. The van der Waals surface area contributed by atoms with Crippen molar-refractivity contribution >= 4 is 0 Å². The lowest BCUT2D eigenvalue weighted by molar-refractivity contribution is 0.291. The number of aromatic nitrogens is 8. The third-order valence-electron chi connectivity index (χ3n) is 3.13. The Hall–Kier alpha value is -3.04. The van der Waals surface area contributed by atoms with Gasteiger partial charge in [0.15, 0.2) is 7.23 Å². The van der Waals surface area contributed by atoms with Gasteiger partial charge in [0, 0.05) is 24.9 Å². The van der Waals surface area contributed by atoms with Crippen LogP contribution < -0.4 is 10.4 Å². The number of tetrazole rings is 1. The Morgan fingerprint density at radius 2 is 2.32 bits per heavy atom. The number of hydrogen-bond donors (Lipinski definition) is 1. The van der Waals surface area contributed by atoms with Crippen molar-refractivity contribution in [1.29, 1.82) is 0 Å². The second-order valence-corrected chi connectivity index (χ2v) is 4.48. The van der Waals surface area contributed by atoms with Gasteiger partial charge in [-0.2, -0.15) is 9.78 Å². The highest BCUT2D eigenvalue weighted by atomic mass is 16.5. The lowest BCUT2D eigenvalue weighted by Crippen LogP contribution is -2.25. The Morgan fingerprint density at radius 1 is 1.45 bits per heavy atom. The van der Waals surface area contributed by atoms with Crippen molar-refractivity contribution in [2.24, 2.45) is 7.05 Å². The van der Waals surface area contributed by atoms with E-state index < -0.39 is 5.69 Å². The smallest absolute Gasteiger partial charge is 0.369 e. The number of aryl methyl sites for hydroxylation is 2. The first kappa shape index (κ1) is 12.7. The zero-order chi connectivity index (χ0) is 16.4. The fourth-order valence-corrected chi connectivity index (χ4v) is 1.96. The Bertz CT molecular complexity index is 883. The summed E-state index contributed by atoms with van der Waals surface area (Å²) in [5, 5.41) is 20.1. The van der Waals surface area contributed by atoms with Crippen LogP contribution in [0.25, 0.3) is 5.82 Å². The van der Waals surface area contributed by atoms with Crippen molar-refractivity contribution < 1.29 is 6.15 Å². The first-order valence-corrected chi connectivity index (χ1v) is 6.60. The van der Waals surface area contributed by atoms with Crippen molar-refractivity contribution in [1.82, 2.24) is 40.2 Å². The Balaban J connectivity index is 2.00. The molecule has 1 N–H and O–H groups in total. The van der Waals surface area contributed by atoms with Gasteiger partial charge in [0.2, 0.25) is 5.88 Å². The third-order valence-corrected chi connectivity index (χ3v) is 3.13. The second-order valence-electron chi connectivity index (χ2n) is 4.48. The molecule has 3 heterocycles. The molecule has 22 heavy (non-hydrogen) atoms. The van der Waals surface area contributed by atoms with E-state index in [1.54, 1.807) is 12.3 Å². The molecule has 3 rings (SSSR count). The fourth-order valence-electron chi connectivity index (χ4n) is 1.96. The second kappa shape index (κ2) is 5.76. The summed E-state index contributed by atoms with van der Waals surface area (Å²) < 4.78 is 15.1. The van der Waals surface area contributed by atoms with Gasteiger partial charge in [-0.1, -0.05) is 6.92 Å². The number of rotatable bonds is 5. The number of aromatic amines is 1. The maximum atomic E-state index is 12.1. The molecule has 0 radical (unpaired) electrons. The van der Waals surface area contributed by atoms with Gasteiger partial charge >= 0.3 is 5.69 Å². The molecule has 0 aromatic carbocycles. The monoisotopic (exact) mass is 304 g/mol. The van der Waals surface area contributed by atoms with E-state index in [9.17, 15) is 4.79 Å². The Kier molecular flexibility index (Phi) is 3.32. The standard InChI is InChI=1S/C12H14N8O2/c1-3-8-6-14-16-11(20-12(21)19(2)17-18-20)9(8)7-22-10-4-5-13-15-10/h4-6H,3,7H2,1-2H3,(H,13,15)/i/hT. The molecule has 0 aliphatic heterocycles. The van der Waals surface area contributed by atoms with Crippen LogP contribution in [0, 0.1) is 0 Å². The van der Waals surface area contributed by atoms with Crippen molar-refractivity contribution in [2.45, 2.75) is 20.0 Å². The number of nitrogens with zero attached hydrogens (tertiary/aromatic N) is 7. The molecule has 0 bridgehead atoms. The average Bonchev–Trinajstić information content (AvgIpc) is 3.11. The molecule has 114 valence electrons. The predicted octanol–water partition coefficient (Wildman–Crippen LogP) is -0.380. The molecule has 0 saturated heterocycles. The van der Waals surface area contributed by atoms with E-state index in [1.807, 2.05) is 6.92 Å². The zero-order valence-electron chi connectivity index (χ0n) is 13.0. The Labute approximate surface area is 126 Å². The maximum absolute atomic E-state index is 12.1. The topological polar surface area (TPSA) is 116 Å². The minimum Gasteiger partial charge on any atom is -0.472 e. The van der Waals surface area contributed by atoms with E-state index in [1.165, 1.54) is 13.2 Å². The van der Waals surface area contributed by atoms with Crippen LogP contribution in [0.15, 0.2) is 23.3 Å². The minimum atomic E-state index is -0.427. The predicted molar refractivity (Wildman–Crippen MR) is 74.5 cm³/mol. The molecular weight excluding hydrogens is 288 g/mol. The van der Waals surface area contributed by atoms with Gasteiger partial charge in [-0.05, 0) is 22.4 Å². The van der Waals surface area contributed by atoms with E-state index >= 15 is 0 Å². The summed E-state index contributed by atoms with van der Waals surface area (Å²) in [5.74, 6) is 0.573. The van der Waals surface area contributed by atoms with Crippen LogP contribution in [0.3, 0.4) is 0 Å². The van der Waals surface area contributed by atoms with Crippen molar-refractivity contribution in [3.8, 4) is 11.7 Å². The van der Waals surface area contributed by atoms with E-state index in [2.05, 4.69) is 25.7 Å². The number of H-pyrrole nitrogens is 1. The molecule has 0 aliphatic carbocycles. The van der Waals surface area contributed by atoms with Crippen molar-refractivity contribution in [3.63, 3.8) is 0 Å². The molecule has 0 saturated carbocycles. The van der Waals surface area contributed by atoms with Crippen molar-refractivity contribution in [2.75, 3.05) is 0 Å². The van der Waals surface area contributed by atoms with Gasteiger partial charge < -0.3 is 4.74 Å². The molecule has 10 nitrogen and oxygen atoms in total. The summed E-state index contributed by atoms with van der Waals surface area (Å²) in [6.45, 7) is 2.08. The van der Waals surface area contributed by atoms with Crippen molar-refractivity contribution in [3.05, 3.63) is 40.1 Å².